The first-order valence-corrected chi connectivity index (χ1v) is 11.4. The highest BCUT2D eigenvalue weighted by molar-refractivity contribution is 7.89. The molecular weight excluding hydrogens is 420 g/mol. The summed E-state index contributed by atoms with van der Waals surface area (Å²) in [5.74, 6) is 0.800. The van der Waals surface area contributed by atoms with Crippen molar-refractivity contribution in [3.05, 3.63) is 42.5 Å². The molecule has 0 aromatic heterocycles. The van der Waals surface area contributed by atoms with E-state index < -0.39 is 15.9 Å². The minimum atomic E-state index is -3.86. The number of carbonyl (C=O) groups excluding carboxylic acids is 1. The van der Waals surface area contributed by atoms with Crippen LogP contribution in [-0.4, -0.2) is 60.1 Å². The minimum Gasteiger partial charge on any atom is -0.497 e. The number of nitrogens with zero attached hydrogens (tertiary/aromatic N) is 2. The number of carbonyl (C=O) groups is 1. The van der Waals surface area contributed by atoms with Crippen LogP contribution in [0.1, 0.15) is 12.8 Å². The molecule has 0 radical (unpaired) electrons. The van der Waals surface area contributed by atoms with Gasteiger partial charge in [0, 0.05) is 31.9 Å². The molecule has 0 N–H and O–H groups in total. The third-order valence-corrected chi connectivity index (χ3v) is 7.40. The van der Waals surface area contributed by atoms with Gasteiger partial charge in [-0.2, -0.15) is 4.31 Å². The highest BCUT2D eigenvalue weighted by Crippen LogP contribution is 2.33. The lowest BCUT2D eigenvalue weighted by Gasteiger charge is -2.33. The number of piperidine rings is 1. The molecule has 1 saturated heterocycles. The van der Waals surface area contributed by atoms with Crippen LogP contribution in [0.2, 0.25) is 0 Å². The van der Waals surface area contributed by atoms with E-state index in [0.717, 1.165) is 5.69 Å². The van der Waals surface area contributed by atoms with Crippen molar-refractivity contribution in [2.75, 3.05) is 46.4 Å². The van der Waals surface area contributed by atoms with Crippen molar-refractivity contribution in [3.8, 4) is 17.2 Å². The van der Waals surface area contributed by atoms with Gasteiger partial charge in [-0.1, -0.05) is 0 Å². The first kappa shape index (κ1) is 22.9. The summed E-state index contributed by atoms with van der Waals surface area (Å²) in [6.07, 6.45) is 1.22. The largest absolute Gasteiger partial charge is 0.497 e. The van der Waals surface area contributed by atoms with Gasteiger partial charge in [-0.15, -0.1) is 0 Å². The Bertz CT molecular complexity index is 1020. The van der Waals surface area contributed by atoms with Crippen molar-refractivity contribution < 1.29 is 27.4 Å². The molecule has 1 heterocycles. The maximum Gasteiger partial charge on any atom is 0.246 e. The highest BCUT2D eigenvalue weighted by Gasteiger charge is 2.36. The Balaban J connectivity index is 1.81. The minimum absolute atomic E-state index is 0.0333. The molecule has 1 atom stereocenters. The third kappa shape index (κ3) is 4.77. The Morgan fingerprint density at radius 3 is 2.26 bits per heavy atom. The van der Waals surface area contributed by atoms with Crippen molar-refractivity contribution in [1.82, 2.24) is 4.31 Å². The lowest BCUT2D eigenvalue weighted by Crippen LogP contribution is -2.46. The summed E-state index contributed by atoms with van der Waals surface area (Å²) in [7, 11) is 2.32. The lowest BCUT2D eigenvalue weighted by atomic mass is 9.98. The molecular formula is C22H28N2O6S. The standard InChI is InChI=1S/C22H28N2O6S/c1-23(17-7-9-18(28-2)10-8-17)22(25)16-6-5-13-24(15-16)31(26,27)21-14-19(29-3)11-12-20(21)30-4/h7-12,14,16H,5-6,13,15H2,1-4H3/t16-/m1/s1. The monoisotopic (exact) mass is 448 g/mol. The van der Waals surface area contributed by atoms with Crippen LogP contribution in [0, 0.1) is 5.92 Å². The topological polar surface area (TPSA) is 85.4 Å². The summed E-state index contributed by atoms with van der Waals surface area (Å²) >= 11 is 0. The van der Waals surface area contributed by atoms with Crippen molar-refractivity contribution in [3.63, 3.8) is 0 Å². The summed E-state index contributed by atoms with van der Waals surface area (Å²) in [5.41, 5.74) is 0.722. The maximum absolute atomic E-state index is 13.4. The van der Waals surface area contributed by atoms with Gasteiger partial charge in [-0.25, -0.2) is 8.42 Å². The Hall–Kier alpha value is -2.78. The van der Waals surface area contributed by atoms with Gasteiger partial charge in [0.25, 0.3) is 0 Å². The normalized spacial score (nSPS) is 17.1. The number of anilines is 1. The smallest absolute Gasteiger partial charge is 0.246 e. The lowest BCUT2D eigenvalue weighted by molar-refractivity contribution is -0.123. The fourth-order valence-electron chi connectivity index (χ4n) is 3.69. The van der Waals surface area contributed by atoms with E-state index in [1.165, 1.54) is 24.6 Å². The molecule has 0 bridgehead atoms. The second-order valence-corrected chi connectivity index (χ2v) is 9.22. The van der Waals surface area contributed by atoms with Gasteiger partial charge in [0.15, 0.2) is 0 Å². The molecule has 2 aromatic carbocycles. The molecule has 1 fully saturated rings. The second kappa shape index (κ2) is 9.57. The molecule has 1 aliphatic rings. The quantitative estimate of drug-likeness (QED) is 0.648. The van der Waals surface area contributed by atoms with Crippen LogP contribution in [-0.2, 0) is 14.8 Å². The zero-order valence-corrected chi connectivity index (χ0v) is 19.0. The molecule has 1 aliphatic heterocycles. The highest BCUT2D eigenvalue weighted by atomic mass is 32.2. The van der Waals surface area contributed by atoms with E-state index in [9.17, 15) is 13.2 Å². The fraction of sp³-hybridized carbons (Fsp3) is 0.409. The fourth-order valence-corrected chi connectivity index (χ4v) is 5.39. The molecule has 31 heavy (non-hydrogen) atoms. The van der Waals surface area contributed by atoms with E-state index >= 15 is 0 Å². The molecule has 1 amide bonds. The molecule has 168 valence electrons. The molecule has 2 aromatic rings. The van der Waals surface area contributed by atoms with Crippen molar-refractivity contribution in [2.24, 2.45) is 5.92 Å². The zero-order valence-electron chi connectivity index (χ0n) is 18.2. The van der Waals surface area contributed by atoms with Crippen LogP contribution in [0.5, 0.6) is 17.2 Å². The van der Waals surface area contributed by atoms with E-state index in [1.54, 1.807) is 55.5 Å². The Morgan fingerprint density at radius 2 is 1.65 bits per heavy atom. The Morgan fingerprint density at radius 1 is 1.00 bits per heavy atom. The van der Waals surface area contributed by atoms with Gasteiger partial charge in [0.1, 0.15) is 22.1 Å². The number of sulfonamides is 1. The number of methoxy groups -OCH3 is 3. The summed E-state index contributed by atoms with van der Waals surface area (Å²) in [5, 5.41) is 0. The van der Waals surface area contributed by atoms with Crippen LogP contribution in [0.4, 0.5) is 5.69 Å². The average molecular weight is 449 g/mol. The van der Waals surface area contributed by atoms with Gasteiger partial charge < -0.3 is 19.1 Å². The predicted octanol–water partition coefficient (Wildman–Crippen LogP) is 2.78. The Labute approximate surface area is 183 Å². The van der Waals surface area contributed by atoms with E-state index in [-0.39, 0.29) is 23.1 Å². The van der Waals surface area contributed by atoms with Gasteiger partial charge in [-0.3, -0.25) is 4.79 Å². The molecule has 0 unspecified atom stereocenters. The van der Waals surface area contributed by atoms with Crippen LogP contribution in [0.15, 0.2) is 47.4 Å². The average Bonchev–Trinajstić information content (AvgIpc) is 2.82. The van der Waals surface area contributed by atoms with Crippen molar-refractivity contribution in [1.29, 1.82) is 0 Å². The molecule has 0 spiro atoms. The molecule has 3 rings (SSSR count). The summed E-state index contributed by atoms with van der Waals surface area (Å²) in [6.45, 7) is 0.459. The second-order valence-electron chi connectivity index (χ2n) is 7.31. The number of rotatable bonds is 7. The van der Waals surface area contributed by atoms with E-state index in [4.69, 9.17) is 14.2 Å². The van der Waals surface area contributed by atoms with Crippen molar-refractivity contribution in [2.45, 2.75) is 17.7 Å². The maximum atomic E-state index is 13.4. The number of hydrogen-bond donors (Lipinski definition) is 0. The summed E-state index contributed by atoms with van der Waals surface area (Å²) in [6, 6.07) is 11.8. The Kier molecular flexibility index (Phi) is 7.07. The molecule has 9 heteroatoms. The van der Waals surface area contributed by atoms with Gasteiger partial charge in [-0.05, 0) is 49.2 Å². The summed E-state index contributed by atoms with van der Waals surface area (Å²) < 4.78 is 43.7. The van der Waals surface area contributed by atoms with E-state index in [0.29, 0.717) is 30.9 Å². The molecule has 0 aliphatic carbocycles. The van der Waals surface area contributed by atoms with Crippen LogP contribution < -0.4 is 19.1 Å². The first-order valence-electron chi connectivity index (χ1n) is 9.95. The molecule has 0 saturated carbocycles. The van der Waals surface area contributed by atoms with Crippen LogP contribution >= 0.6 is 0 Å². The van der Waals surface area contributed by atoms with Gasteiger partial charge >= 0.3 is 0 Å². The number of ether oxygens (including phenoxy) is 3. The number of benzene rings is 2. The molecule has 8 nitrogen and oxygen atoms in total. The van der Waals surface area contributed by atoms with Crippen LogP contribution in [0.3, 0.4) is 0 Å². The van der Waals surface area contributed by atoms with E-state index in [2.05, 4.69) is 0 Å². The van der Waals surface area contributed by atoms with Gasteiger partial charge in [0.05, 0.1) is 27.2 Å². The van der Waals surface area contributed by atoms with Crippen LogP contribution in [0.25, 0.3) is 0 Å². The first-order chi connectivity index (χ1) is 14.8. The SMILES string of the molecule is COc1ccc(N(C)C(=O)[C@@H]2CCCN(S(=O)(=O)c3cc(OC)ccc3OC)C2)cc1. The van der Waals surface area contributed by atoms with Crippen molar-refractivity contribution >= 4 is 21.6 Å². The number of amides is 1. The third-order valence-electron chi connectivity index (χ3n) is 5.51. The predicted molar refractivity (Wildman–Crippen MR) is 117 cm³/mol. The number of hydrogen-bond acceptors (Lipinski definition) is 6. The van der Waals surface area contributed by atoms with Gasteiger partial charge in [0.2, 0.25) is 15.9 Å². The zero-order chi connectivity index (χ0) is 22.6. The van der Waals surface area contributed by atoms with E-state index in [1.807, 2.05) is 0 Å². The summed E-state index contributed by atoms with van der Waals surface area (Å²) in [4.78, 5) is 14.7.